The van der Waals surface area contributed by atoms with E-state index in [2.05, 4.69) is 31.3 Å². The van der Waals surface area contributed by atoms with E-state index < -0.39 is 0 Å². The highest BCUT2D eigenvalue weighted by atomic mass is 35.5. The maximum atomic E-state index is 12.4. The van der Waals surface area contributed by atoms with E-state index in [0.717, 1.165) is 11.1 Å². The van der Waals surface area contributed by atoms with Gasteiger partial charge >= 0.3 is 0 Å². The van der Waals surface area contributed by atoms with Gasteiger partial charge in [-0.25, -0.2) is 0 Å². The monoisotopic (exact) mass is 399 g/mol. The van der Waals surface area contributed by atoms with Crippen molar-refractivity contribution in [2.75, 3.05) is 6.54 Å². The summed E-state index contributed by atoms with van der Waals surface area (Å²) in [4.78, 5) is 24.3. The van der Waals surface area contributed by atoms with Gasteiger partial charge in [-0.05, 0) is 29.2 Å². The van der Waals surface area contributed by atoms with Gasteiger partial charge in [-0.3, -0.25) is 9.59 Å². The number of hydrogen-bond acceptors (Lipinski definition) is 3. The Morgan fingerprint density at radius 3 is 2.36 bits per heavy atom. The number of pyridine rings is 1. The molecule has 28 heavy (non-hydrogen) atoms. The first kappa shape index (κ1) is 21.7. The van der Waals surface area contributed by atoms with Gasteiger partial charge in [0, 0.05) is 30.2 Å². The average Bonchev–Trinajstić information content (AvgIpc) is 2.68. The number of aromatic nitrogens is 1. The number of hydrogen-bond donors (Lipinski definition) is 2. The van der Waals surface area contributed by atoms with Gasteiger partial charge in [-0.1, -0.05) is 50.2 Å². The first-order valence-corrected chi connectivity index (χ1v) is 9.16. The number of benzene rings is 2. The van der Waals surface area contributed by atoms with Crippen LogP contribution in [0.15, 0.2) is 65.6 Å². The molecule has 0 fully saturated rings. The third-order valence-corrected chi connectivity index (χ3v) is 4.75. The van der Waals surface area contributed by atoms with E-state index in [1.807, 2.05) is 30.3 Å². The Bertz CT molecular complexity index is 997. The molecule has 0 aliphatic rings. The number of fused-ring (bicyclic) bond motifs is 1. The van der Waals surface area contributed by atoms with Crippen molar-refractivity contribution in [3.05, 3.63) is 82.1 Å². The fourth-order valence-corrected chi connectivity index (χ4v) is 3.08. The van der Waals surface area contributed by atoms with Crippen molar-refractivity contribution in [2.45, 2.75) is 32.4 Å². The molecule has 1 heterocycles. The van der Waals surface area contributed by atoms with Crippen LogP contribution in [0, 0.1) is 0 Å². The second kappa shape index (κ2) is 9.53. The quantitative estimate of drug-likeness (QED) is 0.667. The molecule has 148 valence electrons. The average molecular weight is 400 g/mol. The SMILES string of the molecule is CC(C)c1ccc(C(N)CNC(=O)Cn2ccc(=O)c3ccccc32)cc1.Cl. The second-order valence-corrected chi connectivity index (χ2v) is 7.06. The molecule has 1 atom stereocenters. The van der Waals surface area contributed by atoms with Crippen LogP contribution in [-0.4, -0.2) is 17.0 Å². The predicted octanol–water partition coefficient (Wildman–Crippen LogP) is 3.36. The van der Waals surface area contributed by atoms with Crippen LogP contribution < -0.4 is 16.5 Å². The number of carbonyl (C=O) groups excluding carboxylic acids is 1. The summed E-state index contributed by atoms with van der Waals surface area (Å²) in [5.74, 6) is 0.334. The van der Waals surface area contributed by atoms with E-state index in [-0.39, 0.29) is 36.3 Å². The van der Waals surface area contributed by atoms with Crippen LogP contribution in [0.1, 0.15) is 36.9 Å². The van der Waals surface area contributed by atoms with E-state index in [0.29, 0.717) is 17.8 Å². The largest absolute Gasteiger partial charge is 0.353 e. The molecule has 3 rings (SSSR count). The van der Waals surface area contributed by atoms with Crippen molar-refractivity contribution in [1.29, 1.82) is 0 Å². The van der Waals surface area contributed by atoms with Crippen LogP contribution >= 0.6 is 12.4 Å². The molecule has 0 saturated carbocycles. The number of nitrogens with zero attached hydrogens (tertiary/aromatic N) is 1. The number of halogens is 1. The third-order valence-electron chi connectivity index (χ3n) is 4.75. The van der Waals surface area contributed by atoms with E-state index >= 15 is 0 Å². The highest BCUT2D eigenvalue weighted by Gasteiger charge is 2.10. The van der Waals surface area contributed by atoms with Crippen molar-refractivity contribution in [1.82, 2.24) is 9.88 Å². The molecule has 5 nitrogen and oxygen atoms in total. The number of carbonyl (C=O) groups is 1. The lowest BCUT2D eigenvalue weighted by Crippen LogP contribution is -2.34. The number of para-hydroxylation sites is 1. The van der Waals surface area contributed by atoms with Crippen molar-refractivity contribution in [2.24, 2.45) is 5.73 Å². The van der Waals surface area contributed by atoms with Gasteiger partial charge in [0.25, 0.3) is 0 Å². The molecule has 6 heteroatoms. The summed E-state index contributed by atoms with van der Waals surface area (Å²) >= 11 is 0. The van der Waals surface area contributed by atoms with Crippen LogP contribution in [0.3, 0.4) is 0 Å². The first-order valence-electron chi connectivity index (χ1n) is 9.16. The zero-order chi connectivity index (χ0) is 19.4. The molecule has 0 saturated heterocycles. The van der Waals surface area contributed by atoms with Gasteiger partial charge in [0.15, 0.2) is 5.43 Å². The molecule has 3 N–H and O–H groups in total. The molecule has 1 aromatic heterocycles. The summed E-state index contributed by atoms with van der Waals surface area (Å²) < 4.78 is 1.77. The third kappa shape index (κ3) is 5.00. The molecule has 0 bridgehead atoms. The van der Waals surface area contributed by atoms with Crippen LogP contribution in [0.4, 0.5) is 0 Å². The van der Waals surface area contributed by atoms with Crippen LogP contribution in [-0.2, 0) is 11.3 Å². The maximum Gasteiger partial charge on any atom is 0.240 e. The van der Waals surface area contributed by atoms with E-state index in [1.165, 1.54) is 11.6 Å². The summed E-state index contributed by atoms with van der Waals surface area (Å²) in [5.41, 5.74) is 9.17. The number of rotatable bonds is 6. The minimum absolute atomic E-state index is 0. The minimum atomic E-state index is -0.263. The maximum absolute atomic E-state index is 12.4. The molecule has 0 aliphatic heterocycles. The molecule has 1 unspecified atom stereocenters. The smallest absolute Gasteiger partial charge is 0.240 e. The first-order chi connectivity index (χ1) is 13.0. The van der Waals surface area contributed by atoms with E-state index in [9.17, 15) is 9.59 Å². The molecule has 1 amide bonds. The van der Waals surface area contributed by atoms with Crippen molar-refractivity contribution in [3.8, 4) is 0 Å². The van der Waals surface area contributed by atoms with E-state index in [4.69, 9.17) is 5.73 Å². The van der Waals surface area contributed by atoms with E-state index in [1.54, 1.807) is 16.8 Å². The molecular formula is C22H26ClN3O2. The van der Waals surface area contributed by atoms with Crippen molar-refractivity contribution < 1.29 is 4.79 Å². The normalized spacial score (nSPS) is 11.9. The van der Waals surface area contributed by atoms with Gasteiger partial charge in [0.1, 0.15) is 6.54 Å². The summed E-state index contributed by atoms with van der Waals surface area (Å²) in [5, 5.41) is 3.49. The van der Waals surface area contributed by atoms with Crippen molar-refractivity contribution >= 4 is 29.2 Å². The van der Waals surface area contributed by atoms with Crippen LogP contribution in [0.25, 0.3) is 10.9 Å². The Balaban J connectivity index is 0.00000280. The lowest BCUT2D eigenvalue weighted by Gasteiger charge is -2.16. The molecule has 0 radical (unpaired) electrons. The minimum Gasteiger partial charge on any atom is -0.353 e. The molecule has 2 aromatic carbocycles. The Morgan fingerprint density at radius 2 is 1.68 bits per heavy atom. The predicted molar refractivity (Wildman–Crippen MR) is 116 cm³/mol. The number of nitrogens with one attached hydrogen (secondary N) is 1. The second-order valence-electron chi connectivity index (χ2n) is 7.06. The van der Waals surface area contributed by atoms with Crippen LogP contribution in [0.2, 0.25) is 0 Å². The number of nitrogens with two attached hydrogens (primary N) is 1. The fraction of sp³-hybridized carbons (Fsp3) is 0.273. The number of amides is 1. The molecule has 0 aliphatic carbocycles. The molecule has 0 spiro atoms. The topological polar surface area (TPSA) is 77.1 Å². The van der Waals surface area contributed by atoms with Gasteiger partial charge < -0.3 is 15.6 Å². The van der Waals surface area contributed by atoms with Crippen molar-refractivity contribution in [3.63, 3.8) is 0 Å². The van der Waals surface area contributed by atoms with Gasteiger partial charge in [0.2, 0.25) is 5.91 Å². The molecular weight excluding hydrogens is 374 g/mol. The summed E-state index contributed by atoms with van der Waals surface area (Å²) in [6.45, 7) is 4.80. The zero-order valence-corrected chi connectivity index (χ0v) is 16.9. The summed E-state index contributed by atoms with van der Waals surface area (Å²) in [6.07, 6.45) is 1.65. The highest BCUT2D eigenvalue weighted by molar-refractivity contribution is 5.85. The lowest BCUT2D eigenvalue weighted by molar-refractivity contribution is -0.121. The molecule has 3 aromatic rings. The zero-order valence-electron chi connectivity index (χ0n) is 16.1. The highest BCUT2D eigenvalue weighted by Crippen LogP contribution is 2.17. The van der Waals surface area contributed by atoms with Gasteiger partial charge in [-0.15, -0.1) is 12.4 Å². The lowest BCUT2D eigenvalue weighted by atomic mass is 9.99. The summed E-state index contributed by atoms with van der Waals surface area (Å²) in [6, 6.07) is 16.7. The van der Waals surface area contributed by atoms with Gasteiger partial charge in [0.05, 0.1) is 5.52 Å². The van der Waals surface area contributed by atoms with Gasteiger partial charge in [-0.2, -0.15) is 0 Å². The Hall–Kier alpha value is -2.63. The fourth-order valence-electron chi connectivity index (χ4n) is 3.08. The Labute approximate surface area is 171 Å². The standard InChI is InChI=1S/C22H25N3O2.ClH/c1-15(2)16-7-9-17(10-8-16)19(23)13-24-22(27)14-25-12-11-21(26)18-5-3-4-6-20(18)25;/h3-12,15,19H,13-14,23H2,1-2H3,(H,24,27);1H. The van der Waals surface area contributed by atoms with Crippen LogP contribution in [0.5, 0.6) is 0 Å². The Kier molecular flexibility index (Phi) is 7.38. The summed E-state index contributed by atoms with van der Waals surface area (Å²) in [7, 11) is 0. The Morgan fingerprint density at radius 1 is 1.04 bits per heavy atom.